The first-order valence-electron chi connectivity index (χ1n) is 9.08. The highest BCUT2D eigenvalue weighted by molar-refractivity contribution is 6.07. The maximum absolute atomic E-state index is 12.7. The highest BCUT2D eigenvalue weighted by atomic mass is 16.6. The Kier molecular flexibility index (Phi) is 5.05. The highest BCUT2D eigenvalue weighted by Crippen LogP contribution is 2.42. The Labute approximate surface area is 138 Å². The van der Waals surface area contributed by atoms with Crippen molar-refractivity contribution in [3.8, 4) is 0 Å². The normalized spacial score (nSPS) is 24.8. The van der Waals surface area contributed by atoms with Crippen molar-refractivity contribution in [3.63, 3.8) is 0 Å². The van der Waals surface area contributed by atoms with Gasteiger partial charge in [0.05, 0.1) is 5.57 Å². The van der Waals surface area contributed by atoms with Crippen molar-refractivity contribution < 1.29 is 14.3 Å². The maximum Gasteiger partial charge on any atom is 0.335 e. The number of hydrogen-bond donors (Lipinski definition) is 1. The summed E-state index contributed by atoms with van der Waals surface area (Å²) in [5, 5.41) is 3.02. The molecule has 0 aromatic rings. The monoisotopic (exact) mass is 320 g/mol. The minimum Gasteiger partial charge on any atom is -0.451 e. The molecule has 3 rings (SSSR count). The van der Waals surface area contributed by atoms with Gasteiger partial charge in [-0.15, -0.1) is 0 Å². The standard InChI is InChI=1S/C18H28N2O3/c1-14-15(16(21)19-10-13-20-11-6-7-12-20)18(23-17(14)22)8-4-2-3-5-9-18/h2-13H2,1H3,(H,19,21). The molecule has 0 bridgehead atoms. The van der Waals surface area contributed by atoms with Gasteiger partial charge in [0.15, 0.2) is 0 Å². The molecule has 2 heterocycles. The zero-order valence-corrected chi connectivity index (χ0v) is 14.2. The van der Waals surface area contributed by atoms with Crippen LogP contribution in [0.1, 0.15) is 58.3 Å². The molecule has 0 aromatic carbocycles. The van der Waals surface area contributed by atoms with E-state index in [-0.39, 0.29) is 11.9 Å². The third-order valence-electron chi connectivity index (χ3n) is 5.48. The average Bonchev–Trinajstić information content (AvgIpc) is 3.03. The zero-order chi connectivity index (χ0) is 16.3. The van der Waals surface area contributed by atoms with E-state index < -0.39 is 5.60 Å². The van der Waals surface area contributed by atoms with Crippen molar-refractivity contribution in [1.29, 1.82) is 0 Å². The molecule has 1 spiro atoms. The van der Waals surface area contributed by atoms with Crippen LogP contribution in [-0.4, -0.2) is 48.6 Å². The number of amides is 1. The molecule has 2 fully saturated rings. The third-order valence-corrected chi connectivity index (χ3v) is 5.48. The lowest BCUT2D eigenvalue weighted by molar-refractivity contribution is -0.148. The van der Waals surface area contributed by atoms with Crippen LogP contribution in [0.15, 0.2) is 11.1 Å². The third kappa shape index (κ3) is 3.44. The van der Waals surface area contributed by atoms with E-state index in [2.05, 4.69) is 10.2 Å². The van der Waals surface area contributed by atoms with Gasteiger partial charge in [-0.05, 0) is 58.5 Å². The fraction of sp³-hybridized carbons (Fsp3) is 0.778. The SMILES string of the molecule is CC1=C(C(=O)NCCN2CCCC2)C2(CCCCCC2)OC1=O. The van der Waals surface area contributed by atoms with Gasteiger partial charge in [-0.1, -0.05) is 12.8 Å². The lowest BCUT2D eigenvalue weighted by Crippen LogP contribution is -2.41. The summed E-state index contributed by atoms with van der Waals surface area (Å²) in [4.78, 5) is 27.2. The minimum atomic E-state index is -0.657. The molecule has 1 aliphatic carbocycles. The van der Waals surface area contributed by atoms with Crippen molar-refractivity contribution in [2.24, 2.45) is 0 Å². The Bertz CT molecular complexity index is 498. The van der Waals surface area contributed by atoms with E-state index in [4.69, 9.17) is 4.74 Å². The molecule has 5 heteroatoms. The van der Waals surface area contributed by atoms with Gasteiger partial charge in [0.2, 0.25) is 0 Å². The van der Waals surface area contributed by atoms with Crippen molar-refractivity contribution in [2.45, 2.75) is 63.9 Å². The summed E-state index contributed by atoms with van der Waals surface area (Å²) >= 11 is 0. The van der Waals surface area contributed by atoms with Crippen LogP contribution in [-0.2, 0) is 14.3 Å². The lowest BCUT2D eigenvalue weighted by atomic mass is 9.84. The summed E-state index contributed by atoms with van der Waals surface area (Å²) in [6.45, 7) is 5.52. The number of ether oxygens (including phenoxy) is 1. The number of nitrogens with zero attached hydrogens (tertiary/aromatic N) is 1. The van der Waals surface area contributed by atoms with Gasteiger partial charge >= 0.3 is 5.97 Å². The average molecular weight is 320 g/mol. The minimum absolute atomic E-state index is 0.102. The van der Waals surface area contributed by atoms with Gasteiger partial charge in [-0.3, -0.25) is 4.79 Å². The van der Waals surface area contributed by atoms with Crippen LogP contribution in [0.4, 0.5) is 0 Å². The van der Waals surface area contributed by atoms with Crippen molar-refractivity contribution in [1.82, 2.24) is 10.2 Å². The zero-order valence-electron chi connectivity index (χ0n) is 14.2. The van der Waals surface area contributed by atoms with Gasteiger partial charge in [0.1, 0.15) is 5.60 Å². The van der Waals surface area contributed by atoms with Crippen LogP contribution in [0, 0.1) is 0 Å². The highest BCUT2D eigenvalue weighted by Gasteiger charge is 2.48. The van der Waals surface area contributed by atoms with Crippen molar-refractivity contribution in [3.05, 3.63) is 11.1 Å². The number of carbonyl (C=O) groups is 2. The van der Waals surface area contributed by atoms with E-state index in [9.17, 15) is 9.59 Å². The molecule has 1 saturated carbocycles. The van der Waals surface area contributed by atoms with Crippen LogP contribution in [0.5, 0.6) is 0 Å². The number of nitrogens with one attached hydrogen (secondary N) is 1. The molecule has 5 nitrogen and oxygen atoms in total. The molecule has 1 N–H and O–H groups in total. The Morgan fingerprint density at radius 3 is 2.43 bits per heavy atom. The first kappa shape index (κ1) is 16.5. The molecule has 2 aliphatic heterocycles. The molecular formula is C18H28N2O3. The fourth-order valence-corrected chi connectivity index (χ4v) is 4.20. The Hall–Kier alpha value is -1.36. The summed E-state index contributed by atoms with van der Waals surface area (Å²) in [6, 6.07) is 0. The first-order chi connectivity index (χ1) is 11.1. The first-order valence-corrected chi connectivity index (χ1v) is 9.08. The Morgan fingerprint density at radius 1 is 1.13 bits per heavy atom. The van der Waals surface area contributed by atoms with Gasteiger partial charge in [-0.25, -0.2) is 4.79 Å². The predicted molar refractivity (Wildman–Crippen MR) is 87.9 cm³/mol. The summed E-state index contributed by atoms with van der Waals surface area (Å²) < 4.78 is 5.71. The predicted octanol–water partition coefficient (Wildman–Crippen LogP) is 2.16. The van der Waals surface area contributed by atoms with Crippen LogP contribution in [0.3, 0.4) is 0 Å². The van der Waals surface area contributed by atoms with E-state index in [0.29, 0.717) is 17.7 Å². The molecule has 128 valence electrons. The van der Waals surface area contributed by atoms with Gasteiger partial charge in [0, 0.05) is 18.7 Å². The smallest absolute Gasteiger partial charge is 0.335 e. The van der Waals surface area contributed by atoms with E-state index in [1.807, 2.05) is 0 Å². The number of likely N-dealkylation sites (tertiary alicyclic amines) is 1. The fourth-order valence-electron chi connectivity index (χ4n) is 4.20. The molecule has 0 aromatic heterocycles. The van der Waals surface area contributed by atoms with Crippen molar-refractivity contribution in [2.75, 3.05) is 26.2 Å². The molecule has 1 saturated heterocycles. The van der Waals surface area contributed by atoms with E-state index in [0.717, 1.165) is 58.2 Å². The van der Waals surface area contributed by atoms with E-state index in [1.54, 1.807) is 6.92 Å². The van der Waals surface area contributed by atoms with Crippen LogP contribution in [0.2, 0.25) is 0 Å². The number of esters is 1. The molecule has 0 atom stereocenters. The number of hydrogen-bond acceptors (Lipinski definition) is 4. The molecule has 1 amide bonds. The van der Waals surface area contributed by atoms with Crippen LogP contribution >= 0.6 is 0 Å². The molecule has 3 aliphatic rings. The van der Waals surface area contributed by atoms with E-state index >= 15 is 0 Å². The second kappa shape index (κ2) is 7.04. The summed E-state index contributed by atoms with van der Waals surface area (Å²) in [6.07, 6.45) is 8.42. The van der Waals surface area contributed by atoms with E-state index in [1.165, 1.54) is 12.8 Å². The topological polar surface area (TPSA) is 58.6 Å². The van der Waals surface area contributed by atoms with Gasteiger partial charge < -0.3 is 15.0 Å². The largest absolute Gasteiger partial charge is 0.451 e. The second-order valence-corrected chi connectivity index (χ2v) is 7.10. The molecular weight excluding hydrogens is 292 g/mol. The Morgan fingerprint density at radius 2 is 1.78 bits per heavy atom. The summed E-state index contributed by atoms with van der Waals surface area (Å²) in [7, 11) is 0. The van der Waals surface area contributed by atoms with Crippen LogP contribution < -0.4 is 5.32 Å². The van der Waals surface area contributed by atoms with Gasteiger partial charge in [0.25, 0.3) is 5.91 Å². The number of carbonyl (C=O) groups excluding carboxylic acids is 2. The maximum atomic E-state index is 12.7. The number of rotatable bonds is 4. The van der Waals surface area contributed by atoms with Crippen molar-refractivity contribution >= 4 is 11.9 Å². The second-order valence-electron chi connectivity index (χ2n) is 7.10. The van der Waals surface area contributed by atoms with Gasteiger partial charge in [-0.2, -0.15) is 0 Å². The molecule has 0 unspecified atom stereocenters. The van der Waals surface area contributed by atoms with Crippen LogP contribution in [0.25, 0.3) is 0 Å². The molecule has 0 radical (unpaired) electrons. The summed E-state index contributed by atoms with van der Waals surface area (Å²) in [5.74, 6) is -0.411. The lowest BCUT2D eigenvalue weighted by Gasteiger charge is -2.29. The molecule has 23 heavy (non-hydrogen) atoms. The summed E-state index contributed by atoms with van der Waals surface area (Å²) in [5.41, 5.74) is 0.450. The quantitative estimate of drug-likeness (QED) is 0.807. The Balaban J connectivity index is 1.66.